The maximum atomic E-state index is 5.85. The Morgan fingerprint density at radius 1 is 1.22 bits per heavy atom. The second-order valence-electron chi connectivity index (χ2n) is 4.80. The molecular formula is C14H18N4. The van der Waals surface area contributed by atoms with Crippen LogP contribution in [0.25, 0.3) is 11.0 Å². The number of hydrogen-bond acceptors (Lipinski definition) is 4. The number of aromatic nitrogens is 2. The van der Waals surface area contributed by atoms with Gasteiger partial charge in [-0.2, -0.15) is 0 Å². The molecule has 18 heavy (non-hydrogen) atoms. The van der Waals surface area contributed by atoms with Crippen LogP contribution in [0, 0.1) is 0 Å². The molecule has 1 aliphatic heterocycles. The molecule has 0 aliphatic carbocycles. The Labute approximate surface area is 107 Å². The van der Waals surface area contributed by atoms with Crippen LogP contribution >= 0.6 is 0 Å². The van der Waals surface area contributed by atoms with Crippen molar-refractivity contribution in [2.75, 3.05) is 18.0 Å². The van der Waals surface area contributed by atoms with Crippen molar-refractivity contribution in [1.29, 1.82) is 0 Å². The third kappa shape index (κ3) is 2.04. The number of anilines is 1. The van der Waals surface area contributed by atoms with E-state index in [1.165, 1.54) is 12.8 Å². The van der Waals surface area contributed by atoms with Gasteiger partial charge in [0.25, 0.3) is 0 Å². The number of rotatable bonds is 2. The molecule has 1 aromatic carbocycles. The van der Waals surface area contributed by atoms with Gasteiger partial charge in [0.15, 0.2) is 0 Å². The SMILES string of the molecule is NCC1CCCCN1c1cnc2ccccc2n1. The van der Waals surface area contributed by atoms with Crippen molar-refractivity contribution in [2.24, 2.45) is 5.73 Å². The number of fused-ring (bicyclic) bond motifs is 1. The number of para-hydroxylation sites is 2. The largest absolute Gasteiger partial charge is 0.351 e. The van der Waals surface area contributed by atoms with Crippen LogP contribution in [0.3, 0.4) is 0 Å². The summed E-state index contributed by atoms with van der Waals surface area (Å²) < 4.78 is 0. The third-order valence-corrected chi connectivity index (χ3v) is 3.63. The number of nitrogens with two attached hydrogens (primary N) is 1. The van der Waals surface area contributed by atoms with Crippen LogP contribution in [0.4, 0.5) is 5.82 Å². The summed E-state index contributed by atoms with van der Waals surface area (Å²) in [6.07, 6.45) is 5.51. The van der Waals surface area contributed by atoms with Gasteiger partial charge in [-0.15, -0.1) is 0 Å². The third-order valence-electron chi connectivity index (χ3n) is 3.63. The fourth-order valence-electron chi connectivity index (χ4n) is 2.63. The molecule has 0 amide bonds. The van der Waals surface area contributed by atoms with E-state index in [4.69, 9.17) is 10.7 Å². The van der Waals surface area contributed by atoms with E-state index >= 15 is 0 Å². The lowest BCUT2D eigenvalue weighted by atomic mass is 10.0. The van der Waals surface area contributed by atoms with Gasteiger partial charge in [0.05, 0.1) is 17.2 Å². The van der Waals surface area contributed by atoms with Crippen LogP contribution in [0.2, 0.25) is 0 Å². The fourth-order valence-corrected chi connectivity index (χ4v) is 2.63. The zero-order valence-electron chi connectivity index (χ0n) is 10.4. The summed E-state index contributed by atoms with van der Waals surface area (Å²) >= 11 is 0. The second kappa shape index (κ2) is 4.90. The van der Waals surface area contributed by atoms with Crippen molar-refractivity contribution >= 4 is 16.9 Å². The molecule has 0 saturated carbocycles. The van der Waals surface area contributed by atoms with Gasteiger partial charge < -0.3 is 10.6 Å². The highest BCUT2D eigenvalue weighted by Crippen LogP contribution is 2.23. The van der Waals surface area contributed by atoms with Crippen molar-refractivity contribution < 1.29 is 0 Å². The van der Waals surface area contributed by atoms with Gasteiger partial charge in [-0.3, -0.25) is 4.98 Å². The van der Waals surface area contributed by atoms with E-state index in [0.717, 1.165) is 29.8 Å². The minimum Gasteiger partial charge on any atom is -0.351 e. The van der Waals surface area contributed by atoms with Gasteiger partial charge in [0, 0.05) is 19.1 Å². The van der Waals surface area contributed by atoms with Gasteiger partial charge in [0.2, 0.25) is 0 Å². The first-order valence-corrected chi connectivity index (χ1v) is 6.57. The minimum atomic E-state index is 0.411. The molecule has 4 heteroatoms. The van der Waals surface area contributed by atoms with E-state index in [2.05, 4.69) is 9.88 Å². The molecular weight excluding hydrogens is 224 g/mol. The molecule has 1 aliphatic rings. The molecule has 2 aromatic rings. The van der Waals surface area contributed by atoms with E-state index in [9.17, 15) is 0 Å². The van der Waals surface area contributed by atoms with Gasteiger partial charge in [-0.25, -0.2) is 4.98 Å². The topological polar surface area (TPSA) is 55.0 Å². The lowest BCUT2D eigenvalue weighted by Crippen LogP contribution is -2.44. The monoisotopic (exact) mass is 242 g/mol. The van der Waals surface area contributed by atoms with Crippen LogP contribution in [-0.2, 0) is 0 Å². The summed E-state index contributed by atoms with van der Waals surface area (Å²) in [5.74, 6) is 0.962. The van der Waals surface area contributed by atoms with Crippen molar-refractivity contribution in [2.45, 2.75) is 25.3 Å². The molecule has 1 unspecified atom stereocenters. The molecule has 1 saturated heterocycles. The van der Waals surface area contributed by atoms with Crippen LogP contribution < -0.4 is 10.6 Å². The average molecular weight is 242 g/mol. The van der Waals surface area contributed by atoms with Crippen molar-refractivity contribution in [1.82, 2.24) is 9.97 Å². The maximum Gasteiger partial charge on any atom is 0.148 e. The average Bonchev–Trinajstić information content (AvgIpc) is 2.46. The standard InChI is InChI=1S/C14H18N4/c15-9-11-5-3-4-8-18(11)14-10-16-12-6-1-2-7-13(12)17-14/h1-2,6-7,10-11H,3-5,8-9,15H2. The smallest absolute Gasteiger partial charge is 0.148 e. The summed E-state index contributed by atoms with van der Waals surface area (Å²) in [5, 5.41) is 0. The Morgan fingerprint density at radius 2 is 2.06 bits per heavy atom. The molecule has 4 nitrogen and oxygen atoms in total. The summed E-state index contributed by atoms with van der Waals surface area (Å²) in [4.78, 5) is 11.5. The Balaban J connectivity index is 1.97. The number of benzene rings is 1. The molecule has 3 rings (SSSR count). The normalized spacial score (nSPS) is 20.3. The van der Waals surface area contributed by atoms with Gasteiger partial charge in [0.1, 0.15) is 5.82 Å². The molecule has 1 fully saturated rings. The van der Waals surface area contributed by atoms with E-state index < -0.39 is 0 Å². The van der Waals surface area contributed by atoms with Crippen molar-refractivity contribution in [3.8, 4) is 0 Å². The van der Waals surface area contributed by atoms with E-state index in [1.807, 2.05) is 30.5 Å². The number of piperidine rings is 1. The molecule has 2 N–H and O–H groups in total. The summed E-state index contributed by atoms with van der Waals surface area (Å²) in [6.45, 7) is 1.73. The molecule has 1 aromatic heterocycles. The highest BCUT2D eigenvalue weighted by atomic mass is 15.2. The Hall–Kier alpha value is -1.68. The molecule has 0 radical (unpaired) electrons. The highest BCUT2D eigenvalue weighted by Gasteiger charge is 2.22. The summed E-state index contributed by atoms with van der Waals surface area (Å²) in [6, 6.07) is 8.39. The van der Waals surface area contributed by atoms with Crippen LogP contribution in [0.15, 0.2) is 30.5 Å². The van der Waals surface area contributed by atoms with Crippen molar-refractivity contribution in [3.63, 3.8) is 0 Å². The fraction of sp³-hybridized carbons (Fsp3) is 0.429. The minimum absolute atomic E-state index is 0.411. The predicted octanol–water partition coefficient (Wildman–Crippen LogP) is 1.95. The van der Waals surface area contributed by atoms with Gasteiger partial charge in [-0.05, 0) is 31.4 Å². The first kappa shape index (κ1) is 11.4. The van der Waals surface area contributed by atoms with Gasteiger partial charge >= 0.3 is 0 Å². The van der Waals surface area contributed by atoms with E-state index in [0.29, 0.717) is 12.6 Å². The van der Waals surface area contributed by atoms with Crippen molar-refractivity contribution in [3.05, 3.63) is 30.5 Å². The molecule has 94 valence electrons. The Kier molecular flexibility index (Phi) is 3.11. The zero-order valence-corrected chi connectivity index (χ0v) is 10.4. The first-order valence-electron chi connectivity index (χ1n) is 6.57. The van der Waals surface area contributed by atoms with E-state index in [1.54, 1.807) is 0 Å². The first-order chi connectivity index (χ1) is 8.88. The maximum absolute atomic E-state index is 5.85. The number of hydrogen-bond donors (Lipinski definition) is 1. The van der Waals surface area contributed by atoms with Crippen LogP contribution in [0.1, 0.15) is 19.3 Å². The van der Waals surface area contributed by atoms with Crippen LogP contribution in [-0.4, -0.2) is 29.1 Å². The lowest BCUT2D eigenvalue weighted by molar-refractivity contribution is 0.462. The highest BCUT2D eigenvalue weighted by molar-refractivity contribution is 5.75. The lowest BCUT2D eigenvalue weighted by Gasteiger charge is -2.35. The molecule has 2 heterocycles. The quantitative estimate of drug-likeness (QED) is 0.874. The number of nitrogens with zero attached hydrogens (tertiary/aromatic N) is 3. The Bertz CT molecular complexity index is 540. The van der Waals surface area contributed by atoms with E-state index in [-0.39, 0.29) is 0 Å². The summed E-state index contributed by atoms with van der Waals surface area (Å²) in [5.41, 5.74) is 7.76. The predicted molar refractivity (Wildman–Crippen MR) is 73.6 cm³/mol. The molecule has 0 spiro atoms. The van der Waals surface area contributed by atoms with Gasteiger partial charge in [-0.1, -0.05) is 12.1 Å². The second-order valence-corrected chi connectivity index (χ2v) is 4.80. The Morgan fingerprint density at radius 3 is 2.89 bits per heavy atom. The van der Waals surface area contributed by atoms with Crippen LogP contribution in [0.5, 0.6) is 0 Å². The summed E-state index contributed by atoms with van der Waals surface area (Å²) in [7, 11) is 0. The molecule has 1 atom stereocenters. The zero-order chi connectivity index (χ0) is 12.4. The molecule has 0 bridgehead atoms.